The fraction of sp³-hybridized carbons (Fsp3) is 1.00. The second kappa shape index (κ2) is 10.7. The Bertz CT molecular complexity index is 142. The van der Waals surface area contributed by atoms with Gasteiger partial charge in [-0.3, -0.25) is 0 Å². The smallest absolute Gasteiger partial charge is 0.0207 e. The predicted octanol–water partition coefficient (Wildman–Crippen LogP) is -0.990. The van der Waals surface area contributed by atoms with Gasteiger partial charge in [0.05, 0.1) is 0 Å². The van der Waals surface area contributed by atoms with Gasteiger partial charge in [0.2, 0.25) is 0 Å². The summed E-state index contributed by atoms with van der Waals surface area (Å²) in [5.41, 5.74) is 0. The number of hydrogen-bond donors (Lipinski definition) is 4. The molecule has 1 fully saturated rings. The van der Waals surface area contributed by atoms with Crippen LogP contribution in [0, 0.1) is 0 Å². The van der Waals surface area contributed by atoms with Gasteiger partial charge in [0.15, 0.2) is 0 Å². The second-order valence-electron chi connectivity index (χ2n) is 3.91. The van der Waals surface area contributed by atoms with Crippen molar-refractivity contribution < 1.29 is 0 Å². The van der Waals surface area contributed by atoms with Gasteiger partial charge in [0, 0.05) is 88.3 Å². The van der Waals surface area contributed by atoms with Crippen LogP contribution in [-0.4, -0.2) is 68.6 Å². The van der Waals surface area contributed by atoms with Crippen LogP contribution in [0.2, 0.25) is 0 Å². The Morgan fingerprint density at radius 1 is 0.562 bits per heavy atom. The van der Waals surface area contributed by atoms with Crippen molar-refractivity contribution in [2.75, 3.05) is 65.4 Å². The summed E-state index contributed by atoms with van der Waals surface area (Å²) in [6.45, 7) is 10.7. The molecule has 5 nitrogen and oxygen atoms in total. The standard InChI is InChI=1S/C10H24IN5/c11-16-9-7-14-5-3-12-1-2-13-4-6-15-8-10-16/h12-15H,1-10H2. The normalized spacial score (nSPS) is 24.6. The van der Waals surface area contributed by atoms with Gasteiger partial charge in [-0.1, -0.05) is 0 Å². The van der Waals surface area contributed by atoms with E-state index in [1.165, 1.54) is 0 Å². The lowest BCUT2D eigenvalue weighted by Gasteiger charge is -2.14. The summed E-state index contributed by atoms with van der Waals surface area (Å²) in [6, 6.07) is 0. The summed E-state index contributed by atoms with van der Waals surface area (Å²) in [5, 5.41) is 13.7. The van der Waals surface area contributed by atoms with Crippen molar-refractivity contribution in [3.05, 3.63) is 0 Å². The molecule has 0 aromatic carbocycles. The molecule has 1 saturated heterocycles. The van der Waals surface area contributed by atoms with Crippen molar-refractivity contribution in [1.29, 1.82) is 0 Å². The van der Waals surface area contributed by atoms with Gasteiger partial charge >= 0.3 is 0 Å². The minimum Gasteiger partial charge on any atom is -0.314 e. The van der Waals surface area contributed by atoms with Gasteiger partial charge in [-0.2, -0.15) is 0 Å². The lowest BCUT2D eigenvalue weighted by Crippen LogP contribution is -2.35. The average Bonchev–Trinajstić information content (AvgIpc) is 2.29. The first-order valence-electron chi connectivity index (χ1n) is 6.13. The molecule has 0 spiro atoms. The first-order valence-corrected chi connectivity index (χ1v) is 7.09. The molecular formula is C10H24IN5. The molecular weight excluding hydrogens is 317 g/mol. The second-order valence-corrected chi connectivity index (χ2v) is 5.27. The SMILES string of the molecule is IN1CCNCCNCCNCCNCC1. The highest BCUT2D eigenvalue weighted by Crippen LogP contribution is 1.94. The van der Waals surface area contributed by atoms with E-state index in [4.69, 9.17) is 0 Å². The van der Waals surface area contributed by atoms with Crippen LogP contribution in [-0.2, 0) is 0 Å². The third-order valence-electron chi connectivity index (χ3n) is 2.50. The molecule has 1 aliphatic rings. The van der Waals surface area contributed by atoms with E-state index in [2.05, 4.69) is 47.2 Å². The largest absolute Gasteiger partial charge is 0.314 e. The minimum atomic E-state index is 1.06. The van der Waals surface area contributed by atoms with Crippen molar-refractivity contribution >= 4 is 22.9 Å². The van der Waals surface area contributed by atoms with Crippen molar-refractivity contribution in [3.63, 3.8) is 0 Å². The van der Waals surface area contributed by atoms with E-state index in [-0.39, 0.29) is 0 Å². The Kier molecular flexibility index (Phi) is 9.73. The summed E-state index contributed by atoms with van der Waals surface area (Å²) >= 11 is 2.40. The van der Waals surface area contributed by atoms with Gasteiger partial charge in [-0.15, -0.1) is 0 Å². The number of halogens is 1. The summed E-state index contributed by atoms with van der Waals surface area (Å²) < 4.78 is 2.33. The Morgan fingerprint density at radius 3 is 1.25 bits per heavy atom. The number of nitrogens with zero attached hydrogens (tertiary/aromatic N) is 1. The minimum absolute atomic E-state index is 1.06. The number of rotatable bonds is 0. The molecule has 0 amide bonds. The Morgan fingerprint density at radius 2 is 0.875 bits per heavy atom. The topological polar surface area (TPSA) is 51.4 Å². The van der Waals surface area contributed by atoms with Crippen LogP contribution in [0.5, 0.6) is 0 Å². The summed E-state index contributed by atoms with van der Waals surface area (Å²) in [5.74, 6) is 0. The lowest BCUT2D eigenvalue weighted by molar-refractivity contribution is 0.473. The maximum atomic E-state index is 3.44. The highest BCUT2D eigenvalue weighted by Gasteiger charge is 1.99. The monoisotopic (exact) mass is 341 g/mol. The summed E-state index contributed by atoms with van der Waals surface area (Å²) in [4.78, 5) is 0. The molecule has 0 bridgehead atoms. The van der Waals surface area contributed by atoms with Crippen LogP contribution < -0.4 is 21.3 Å². The zero-order valence-corrected chi connectivity index (χ0v) is 12.1. The van der Waals surface area contributed by atoms with E-state index in [0.29, 0.717) is 0 Å². The fourth-order valence-corrected chi connectivity index (χ4v) is 2.03. The van der Waals surface area contributed by atoms with Gasteiger partial charge in [-0.25, -0.2) is 3.11 Å². The lowest BCUT2D eigenvalue weighted by atomic mass is 10.5. The molecule has 0 aromatic heterocycles. The zero-order valence-electron chi connectivity index (χ0n) is 9.90. The van der Waals surface area contributed by atoms with Gasteiger partial charge < -0.3 is 21.3 Å². The zero-order chi connectivity index (χ0) is 11.5. The number of hydrogen-bond acceptors (Lipinski definition) is 5. The van der Waals surface area contributed by atoms with Crippen molar-refractivity contribution in [2.45, 2.75) is 0 Å². The number of nitrogens with one attached hydrogen (secondary N) is 4. The fourth-order valence-electron chi connectivity index (χ4n) is 1.54. The molecule has 1 aliphatic heterocycles. The first-order chi connectivity index (χ1) is 7.89. The van der Waals surface area contributed by atoms with Crippen molar-refractivity contribution in [3.8, 4) is 0 Å². The third-order valence-corrected chi connectivity index (χ3v) is 3.46. The maximum absolute atomic E-state index is 3.44. The Hall–Kier alpha value is 0.530. The molecule has 0 aliphatic carbocycles. The first kappa shape index (κ1) is 14.6. The predicted molar refractivity (Wildman–Crippen MR) is 77.1 cm³/mol. The Labute approximate surface area is 113 Å². The van der Waals surface area contributed by atoms with E-state index >= 15 is 0 Å². The van der Waals surface area contributed by atoms with Crippen LogP contribution in [0.3, 0.4) is 0 Å². The molecule has 6 heteroatoms. The third kappa shape index (κ3) is 8.66. The molecule has 96 valence electrons. The van der Waals surface area contributed by atoms with Crippen molar-refractivity contribution in [2.24, 2.45) is 0 Å². The molecule has 4 N–H and O–H groups in total. The molecule has 0 unspecified atom stereocenters. The van der Waals surface area contributed by atoms with E-state index in [9.17, 15) is 0 Å². The molecule has 0 aromatic rings. The molecule has 16 heavy (non-hydrogen) atoms. The highest BCUT2D eigenvalue weighted by atomic mass is 127. The Balaban J connectivity index is 2.10. The van der Waals surface area contributed by atoms with Crippen LogP contribution >= 0.6 is 22.9 Å². The van der Waals surface area contributed by atoms with E-state index < -0.39 is 0 Å². The van der Waals surface area contributed by atoms with Crippen LogP contribution in [0.15, 0.2) is 0 Å². The molecule has 1 heterocycles. The average molecular weight is 341 g/mol. The van der Waals surface area contributed by atoms with E-state index in [1.807, 2.05) is 0 Å². The molecule has 0 atom stereocenters. The highest BCUT2D eigenvalue weighted by molar-refractivity contribution is 14.1. The van der Waals surface area contributed by atoms with Gasteiger partial charge in [0.1, 0.15) is 0 Å². The van der Waals surface area contributed by atoms with Crippen LogP contribution in [0.4, 0.5) is 0 Å². The van der Waals surface area contributed by atoms with E-state index in [0.717, 1.165) is 65.4 Å². The van der Waals surface area contributed by atoms with Crippen LogP contribution in [0.25, 0.3) is 0 Å². The van der Waals surface area contributed by atoms with Crippen molar-refractivity contribution in [1.82, 2.24) is 24.4 Å². The quantitative estimate of drug-likeness (QED) is 0.337. The maximum Gasteiger partial charge on any atom is 0.0207 e. The summed E-state index contributed by atoms with van der Waals surface area (Å²) in [6.07, 6.45) is 0. The molecule has 0 saturated carbocycles. The molecule has 1 rings (SSSR count). The van der Waals surface area contributed by atoms with Crippen LogP contribution in [0.1, 0.15) is 0 Å². The van der Waals surface area contributed by atoms with Gasteiger partial charge in [0.25, 0.3) is 0 Å². The summed E-state index contributed by atoms with van der Waals surface area (Å²) in [7, 11) is 0. The molecule has 0 radical (unpaired) electrons. The van der Waals surface area contributed by atoms with E-state index in [1.54, 1.807) is 0 Å². The van der Waals surface area contributed by atoms with Gasteiger partial charge in [-0.05, 0) is 0 Å².